The van der Waals surface area contributed by atoms with Gasteiger partial charge < -0.3 is 10.1 Å². The number of ether oxygens (including phenoxy) is 1. The molecule has 1 aromatic rings. The topological polar surface area (TPSA) is 38.3 Å². The van der Waals surface area contributed by atoms with E-state index in [-0.39, 0.29) is 6.09 Å². The van der Waals surface area contributed by atoms with Crippen LogP contribution in [-0.4, -0.2) is 25.0 Å². The molecule has 3 nitrogen and oxygen atoms in total. The van der Waals surface area contributed by atoms with Gasteiger partial charge in [-0.25, -0.2) is 4.79 Å². The van der Waals surface area contributed by atoms with Crippen molar-refractivity contribution < 1.29 is 9.53 Å². The highest BCUT2D eigenvalue weighted by Crippen LogP contribution is 2.22. The predicted molar refractivity (Wildman–Crippen MR) is 71.5 cm³/mol. The number of rotatable bonds is 5. The zero-order chi connectivity index (χ0) is 12.7. The van der Waals surface area contributed by atoms with Gasteiger partial charge in [0.25, 0.3) is 0 Å². The zero-order valence-corrected chi connectivity index (χ0v) is 11.3. The molecular weight excluding hydrogens is 234 g/mol. The van der Waals surface area contributed by atoms with Crippen LogP contribution in [0.5, 0.6) is 0 Å². The Kier molecular flexibility index (Phi) is 5.91. The minimum Gasteiger partial charge on any atom is -0.453 e. The van der Waals surface area contributed by atoms with Crippen LogP contribution in [0.4, 0.5) is 4.79 Å². The van der Waals surface area contributed by atoms with Crippen LogP contribution in [0.15, 0.2) is 29.2 Å². The summed E-state index contributed by atoms with van der Waals surface area (Å²) in [6.45, 7) is 4.96. The minimum absolute atomic E-state index is 0.378. The van der Waals surface area contributed by atoms with Crippen molar-refractivity contribution in [3.63, 3.8) is 0 Å². The first kappa shape index (κ1) is 13.9. The molecule has 0 bridgehead atoms. The number of amides is 1. The number of alkyl carbamates (subject to hydrolysis) is 1. The Morgan fingerprint density at radius 1 is 1.35 bits per heavy atom. The summed E-state index contributed by atoms with van der Waals surface area (Å²) < 4.78 is 4.50. The van der Waals surface area contributed by atoms with Crippen molar-refractivity contribution >= 4 is 17.9 Å². The minimum atomic E-state index is -0.378. The van der Waals surface area contributed by atoms with E-state index in [2.05, 4.69) is 48.2 Å². The average Bonchev–Trinajstić information content (AvgIpc) is 2.30. The van der Waals surface area contributed by atoms with Gasteiger partial charge in [0, 0.05) is 16.7 Å². The predicted octanol–water partition coefficient (Wildman–Crippen LogP) is 3.09. The van der Waals surface area contributed by atoms with Crippen LogP contribution in [0.1, 0.15) is 19.4 Å². The molecule has 0 heterocycles. The first-order chi connectivity index (χ1) is 8.11. The Hall–Kier alpha value is -1.16. The van der Waals surface area contributed by atoms with Crippen LogP contribution >= 0.6 is 11.8 Å². The summed E-state index contributed by atoms with van der Waals surface area (Å²) in [5.74, 6) is 0. The van der Waals surface area contributed by atoms with Gasteiger partial charge in [-0.3, -0.25) is 0 Å². The van der Waals surface area contributed by atoms with E-state index in [4.69, 9.17) is 0 Å². The summed E-state index contributed by atoms with van der Waals surface area (Å²) >= 11 is 1.85. The standard InChI is InChI=1S/C13H19NO2S/c1-10(2)17-12-6-4-11(5-7-12)8-9-14-13(15)16-3/h4-7,10H,8-9H2,1-3H3,(H,14,15). The summed E-state index contributed by atoms with van der Waals surface area (Å²) in [4.78, 5) is 12.1. The summed E-state index contributed by atoms with van der Waals surface area (Å²) in [5, 5.41) is 3.26. The third-order valence-corrected chi connectivity index (χ3v) is 3.18. The molecule has 0 spiro atoms. The van der Waals surface area contributed by atoms with Crippen molar-refractivity contribution in [3.8, 4) is 0 Å². The van der Waals surface area contributed by atoms with Crippen molar-refractivity contribution in [1.82, 2.24) is 5.32 Å². The van der Waals surface area contributed by atoms with E-state index in [0.29, 0.717) is 11.8 Å². The molecule has 17 heavy (non-hydrogen) atoms. The molecule has 0 saturated carbocycles. The molecule has 0 aliphatic rings. The van der Waals surface area contributed by atoms with E-state index in [1.165, 1.54) is 17.6 Å². The van der Waals surface area contributed by atoms with Gasteiger partial charge in [0.05, 0.1) is 7.11 Å². The Bertz CT molecular complexity index is 349. The zero-order valence-electron chi connectivity index (χ0n) is 10.5. The normalized spacial score (nSPS) is 10.4. The molecule has 1 aromatic carbocycles. The van der Waals surface area contributed by atoms with E-state index >= 15 is 0 Å². The third kappa shape index (κ3) is 5.63. The summed E-state index contributed by atoms with van der Waals surface area (Å²) in [6, 6.07) is 8.45. The molecule has 0 fully saturated rings. The Morgan fingerprint density at radius 2 is 2.00 bits per heavy atom. The van der Waals surface area contributed by atoms with Gasteiger partial charge in [0.2, 0.25) is 0 Å². The highest BCUT2D eigenvalue weighted by Gasteiger charge is 2.00. The maximum Gasteiger partial charge on any atom is 0.406 e. The fourth-order valence-electron chi connectivity index (χ4n) is 1.39. The Balaban J connectivity index is 2.37. The number of carbonyl (C=O) groups excluding carboxylic acids is 1. The van der Waals surface area contributed by atoms with E-state index < -0.39 is 0 Å². The third-order valence-electron chi connectivity index (χ3n) is 2.16. The lowest BCUT2D eigenvalue weighted by molar-refractivity contribution is 0.171. The van der Waals surface area contributed by atoms with Gasteiger partial charge in [-0.2, -0.15) is 0 Å². The van der Waals surface area contributed by atoms with Crippen LogP contribution in [-0.2, 0) is 11.2 Å². The van der Waals surface area contributed by atoms with Gasteiger partial charge in [-0.15, -0.1) is 11.8 Å². The molecular formula is C13H19NO2S. The molecule has 0 unspecified atom stereocenters. The van der Waals surface area contributed by atoms with Crippen LogP contribution in [0.2, 0.25) is 0 Å². The molecule has 1 amide bonds. The number of carbonyl (C=O) groups is 1. The van der Waals surface area contributed by atoms with Crippen LogP contribution in [0, 0.1) is 0 Å². The fourth-order valence-corrected chi connectivity index (χ4v) is 2.23. The average molecular weight is 253 g/mol. The van der Waals surface area contributed by atoms with Crippen molar-refractivity contribution in [1.29, 1.82) is 0 Å². The number of hydrogen-bond donors (Lipinski definition) is 1. The highest BCUT2D eigenvalue weighted by atomic mass is 32.2. The van der Waals surface area contributed by atoms with Crippen LogP contribution in [0.25, 0.3) is 0 Å². The first-order valence-electron chi connectivity index (χ1n) is 5.69. The number of hydrogen-bond acceptors (Lipinski definition) is 3. The van der Waals surface area contributed by atoms with E-state index in [1.54, 1.807) is 0 Å². The fraction of sp³-hybridized carbons (Fsp3) is 0.462. The van der Waals surface area contributed by atoms with Gasteiger partial charge in [-0.05, 0) is 24.1 Å². The Morgan fingerprint density at radius 3 is 2.53 bits per heavy atom. The number of benzene rings is 1. The van der Waals surface area contributed by atoms with E-state index in [1.807, 2.05) is 11.8 Å². The van der Waals surface area contributed by atoms with Crippen molar-refractivity contribution in [2.75, 3.05) is 13.7 Å². The molecule has 0 aliphatic carbocycles. The van der Waals surface area contributed by atoms with Crippen molar-refractivity contribution in [2.24, 2.45) is 0 Å². The van der Waals surface area contributed by atoms with Crippen LogP contribution in [0.3, 0.4) is 0 Å². The lowest BCUT2D eigenvalue weighted by Crippen LogP contribution is -2.25. The van der Waals surface area contributed by atoms with Gasteiger partial charge in [-0.1, -0.05) is 26.0 Å². The van der Waals surface area contributed by atoms with Gasteiger partial charge in [0.15, 0.2) is 0 Å². The molecule has 0 radical (unpaired) electrons. The smallest absolute Gasteiger partial charge is 0.406 e. The molecule has 4 heteroatoms. The number of thioether (sulfide) groups is 1. The lowest BCUT2D eigenvalue weighted by Gasteiger charge is -2.07. The second-order valence-electron chi connectivity index (χ2n) is 3.98. The van der Waals surface area contributed by atoms with E-state index in [0.717, 1.165) is 6.42 Å². The molecule has 0 saturated heterocycles. The summed E-state index contributed by atoms with van der Waals surface area (Å²) in [5.41, 5.74) is 1.22. The van der Waals surface area contributed by atoms with E-state index in [9.17, 15) is 4.79 Å². The molecule has 0 aliphatic heterocycles. The summed E-state index contributed by atoms with van der Waals surface area (Å²) in [7, 11) is 1.37. The molecule has 0 atom stereocenters. The highest BCUT2D eigenvalue weighted by molar-refractivity contribution is 7.99. The lowest BCUT2D eigenvalue weighted by atomic mass is 10.1. The molecule has 1 rings (SSSR count). The Labute approximate surface area is 107 Å². The second kappa shape index (κ2) is 7.22. The van der Waals surface area contributed by atoms with Gasteiger partial charge in [0.1, 0.15) is 0 Å². The first-order valence-corrected chi connectivity index (χ1v) is 6.57. The molecule has 1 N–H and O–H groups in total. The maximum atomic E-state index is 10.8. The molecule has 94 valence electrons. The molecule has 0 aromatic heterocycles. The van der Waals surface area contributed by atoms with Crippen LogP contribution < -0.4 is 5.32 Å². The number of nitrogens with one attached hydrogen (secondary N) is 1. The van der Waals surface area contributed by atoms with Crippen molar-refractivity contribution in [2.45, 2.75) is 30.4 Å². The monoisotopic (exact) mass is 253 g/mol. The summed E-state index contributed by atoms with van der Waals surface area (Å²) in [6.07, 6.45) is 0.443. The SMILES string of the molecule is COC(=O)NCCc1ccc(SC(C)C)cc1. The van der Waals surface area contributed by atoms with Crippen molar-refractivity contribution in [3.05, 3.63) is 29.8 Å². The quantitative estimate of drug-likeness (QED) is 0.820. The maximum absolute atomic E-state index is 10.8. The number of methoxy groups -OCH3 is 1. The second-order valence-corrected chi connectivity index (χ2v) is 5.63. The largest absolute Gasteiger partial charge is 0.453 e. The van der Waals surface area contributed by atoms with Gasteiger partial charge >= 0.3 is 6.09 Å².